The second-order valence-electron chi connectivity index (χ2n) is 3.88. The van der Waals surface area contributed by atoms with E-state index in [-0.39, 0.29) is 16.9 Å². The maximum absolute atomic E-state index is 11.4. The zero-order valence-electron chi connectivity index (χ0n) is 10.0. The Morgan fingerprint density at radius 2 is 2.15 bits per heavy atom. The number of hydrogen-bond acceptors (Lipinski definition) is 6. The van der Waals surface area contributed by atoms with E-state index in [2.05, 4.69) is 19.9 Å². The zero-order chi connectivity index (χ0) is 14.1. The second kappa shape index (κ2) is 4.78. The number of nitrogen functional groups attached to an aromatic ring is 1. The molecule has 7 nitrogen and oxygen atoms in total. The average molecular weight is 290 g/mol. The van der Waals surface area contributed by atoms with Crippen LogP contribution in [0.5, 0.6) is 11.6 Å². The first-order valence-electron chi connectivity index (χ1n) is 5.57. The number of ether oxygens (including phenoxy) is 1. The van der Waals surface area contributed by atoms with Gasteiger partial charge in [0, 0.05) is 6.07 Å². The normalized spacial score (nSPS) is 10.7. The third-order valence-electron chi connectivity index (χ3n) is 2.54. The van der Waals surface area contributed by atoms with Gasteiger partial charge in [-0.2, -0.15) is 0 Å². The van der Waals surface area contributed by atoms with Crippen LogP contribution in [0.1, 0.15) is 0 Å². The fraction of sp³-hybridized carbons (Fsp3) is 0. The Balaban J connectivity index is 2.12. The molecule has 0 saturated carbocycles. The van der Waals surface area contributed by atoms with Crippen LogP contribution >= 0.6 is 11.6 Å². The van der Waals surface area contributed by atoms with Crippen molar-refractivity contribution in [2.45, 2.75) is 0 Å². The minimum atomic E-state index is -0.445. The standard InChI is InChI=1S/C12H8ClN5O2/c13-8-4-9(16-5-15-8)20-7-3-1-2-6-10(7)18-11(14)12(19)17-6/h1-5H,(H2,14,18)(H,17,19). The molecule has 2 heterocycles. The third-order valence-corrected chi connectivity index (χ3v) is 2.74. The lowest BCUT2D eigenvalue weighted by Crippen LogP contribution is -2.13. The molecule has 3 rings (SSSR count). The summed E-state index contributed by atoms with van der Waals surface area (Å²) in [6.45, 7) is 0. The summed E-state index contributed by atoms with van der Waals surface area (Å²) in [5.74, 6) is 0.540. The lowest BCUT2D eigenvalue weighted by molar-refractivity contribution is 0.465. The molecule has 100 valence electrons. The van der Waals surface area contributed by atoms with E-state index in [1.54, 1.807) is 18.2 Å². The van der Waals surface area contributed by atoms with Crippen LogP contribution in [-0.4, -0.2) is 19.9 Å². The van der Waals surface area contributed by atoms with Crippen LogP contribution in [0.3, 0.4) is 0 Å². The van der Waals surface area contributed by atoms with Crippen molar-refractivity contribution in [3.05, 3.63) is 46.1 Å². The summed E-state index contributed by atoms with van der Waals surface area (Å²) >= 11 is 5.76. The maximum Gasteiger partial charge on any atom is 0.290 e. The molecule has 0 aliphatic heterocycles. The third kappa shape index (κ3) is 2.26. The number of anilines is 1. The van der Waals surface area contributed by atoms with Crippen molar-refractivity contribution >= 4 is 28.5 Å². The van der Waals surface area contributed by atoms with Gasteiger partial charge in [0.15, 0.2) is 11.6 Å². The Bertz CT molecular complexity index is 849. The Morgan fingerprint density at radius 3 is 2.95 bits per heavy atom. The second-order valence-corrected chi connectivity index (χ2v) is 4.27. The largest absolute Gasteiger partial charge is 0.437 e. The topological polar surface area (TPSA) is 107 Å². The molecule has 0 saturated heterocycles. The molecule has 3 N–H and O–H groups in total. The smallest absolute Gasteiger partial charge is 0.290 e. The number of rotatable bonds is 2. The molecule has 0 fully saturated rings. The first kappa shape index (κ1) is 12.4. The predicted octanol–water partition coefficient (Wildman–Crippen LogP) is 1.74. The number of nitrogens with two attached hydrogens (primary N) is 1. The lowest BCUT2D eigenvalue weighted by atomic mass is 10.3. The van der Waals surface area contributed by atoms with Crippen LogP contribution in [0.25, 0.3) is 11.0 Å². The molecule has 0 spiro atoms. The maximum atomic E-state index is 11.4. The monoisotopic (exact) mass is 289 g/mol. The van der Waals surface area contributed by atoms with Gasteiger partial charge in [-0.1, -0.05) is 17.7 Å². The van der Waals surface area contributed by atoms with Crippen molar-refractivity contribution in [3.63, 3.8) is 0 Å². The van der Waals surface area contributed by atoms with Crippen molar-refractivity contribution in [3.8, 4) is 11.6 Å². The summed E-state index contributed by atoms with van der Waals surface area (Å²) in [5.41, 5.74) is 6.02. The van der Waals surface area contributed by atoms with E-state index in [1.807, 2.05) is 0 Å². The first-order chi connectivity index (χ1) is 9.63. The van der Waals surface area contributed by atoms with E-state index in [9.17, 15) is 4.79 Å². The van der Waals surface area contributed by atoms with Gasteiger partial charge in [-0.05, 0) is 12.1 Å². The number of benzene rings is 1. The van der Waals surface area contributed by atoms with Crippen molar-refractivity contribution in [1.82, 2.24) is 19.9 Å². The molecule has 2 aromatic heterocycles. The highest BCUT2D eigenvalue weighted by molar-refractivity contribution is 6.29. The van der Waals surface area contributed by atoms with Gasteiger partial charge in [-0.15, -0.1) is 0 Å². The molecular weight excluding hydrogens is 282 g/mol. The van der Waals surface area contributed by atoms with Crippen molar-refractivity contribution in [2.24, 2.45) is 0 Å². The number of hydrogen-bond donors (Lipinski definition) is 2. The number of para-hydroxylation sites is 1. The van der Waals surface area contributed by atoms with E-state index in [0.717, 1.165) is 0 Å². The van der Waals surface area contributed by atoms with Crippen LogP contribution in [0, 0.1) is 0 Å². The van der Waals surface area contributed by atoms with Crippen LogP contribution in [-0.2, 0) is 0 Å². The minimum Gasteiger partial charge on any atom is -0.437 e. The molecule has 3 aromatic rings. The van der Waals surface area contributed by atoms with Crippen LogP contribution in [0.4, 0.5) is 5.82 Å². The van der Waals surface area contributed by atoms with Gasteiger partial charge in [0.1, 0.15) is 17.0 Å². The highest BCUT2D eigenvalue weighted by Crippen LogP contribution is 2.26. The molecular formula is C12H8ClN5O2. The Morgan fingerprint density at radius 1 is 1.30 bits per heavy atom. The van der Waals surface area contributed by atoms with Gasteiger partial charge in [-0.25, -0.2) is 15.0 Å². The fourth-order valence-corrected chi connectivity index (χ4v) is 1.80. The molecule has 0 radical (unpaired) electrons. The van der Waals surface area contributed by atoms with Gasteiger partial charge in [0.2, 0.25) is 5.88 Å². The highest BCUT2D eigenvalue weighted by Gasteiger charge is 2.09. The fourth-order valence-electron chi connectivity index (χ4n) is 1.66. The molecule has 0 aliphatic rings. The molecule has 8 heteroatoms. The number of aromatic amines is 1. The number of nitrogens with one attached hydrogen (secondary N) is 1. The zero-order valence-corrected chi connectivity index (χ0v) is 10.8. The number of nitrogens with zero attached hydrogens (tertiary/aromatic N) is 3. The summed E-state index contributed by atoms with van der Waals surface area (Å²) in [6.07, 6.45) is 1.28. The highest BCUT2D eigenvalue weighted by atomic mass is 35.5. The Labute approximate surface area is 117 Å². The summed E-state index contributed by atoms with van der Waals surface area (Å²) in [5, 5.41) is 0.260. The molecule has 1 aromatic carbocycles. The van der Waals surface area contributed by atoms with Gasteiger partial charge >= 0.3 is 0 Å². The average Bonchev–Trinajstić information content (AvgIpc) is 2.41. The van der Waals surface area contributed by atoms with Gasteiger partial charge in [0.25, 0.3) is 5.56 Å². The molecule has 0 unspecified atom stereocenters. The number of fused-ring (bicyclic) bond motifs is 1. The van der Waals surface area contributed by atoms with Crippen LogP contribution < -0.4 is 16.0 Å². The van der Waals surface area contributed by atoms with Gasteiger partial charge < -0.3 is 15.5 Å². The molecule has 20 heavy (non-hydrogen) atoms. The lowest BCUT2D eigenvalue weighted by Gasteiger charge is -2.07. The van der Waals surface area contributed by atoms with Crippen molar-refractivity contribution in [1.29, 1.82) is 0 Å². The van der Waals surface area contributed by atoms with Gasteiger partial charge in [0.05, 0.1) is 5.52 Å². The van der Waals surface area contributed by atoms with Gasteiger partial charge in [-0.3, -0.25) is 4.79 Å². The van der Waals surface area contributed by atoms with E-state index in [0.29, 0.717) is 16.8 Å². The summed E-state index contributed by atoms with van der Waals surface area (Å²) in [4.78, 5) is 25.8. The van der Waals surface area contributed by atoms with E-state index < -0.39 is 5.56 Å². The minimum absolute atomic E-state index is 0.130. The van der Waals surface area contributed by atoms with Crippen molar-refractivity contribution in [2.75, 3.05) is 5.73 Å². The molecule has 0 amide bonds. The number of H-pyrrole nitrogens is 1. The van der Waals surface area contributed by atoms with Crippen LogP contribution in [0.15, 0.2) is 35.4 Å². The summed E-state index contributed by atoms with van der Waals surface area (Å²) in [6, 6.07) is 6.57. The Kier molecular flexibility index (Phi) is 2.96. The van der Waals surface area contributed by atoms with E-state index in [4.69, 9.17) is 22.1 Å². The summed E-state index contributed by atoms with van der Waals surface area (Å²) in [7, 11) is 0. The predicted molar refractivity (Wildman–Crippen MR) is 73.9 cm³/mol. The number of aromatic nitrogens is 4. The quantitative estimate of drug-likeness (QED) is 0.696. The number of halogens is 1. The van der Waals surface area contributed by atoms with Crippen molar-refractivity contribution < 1.29 is 4.74 Å². The molecule has 0 aliphatic carbocycles. The van der Waals surface area contributed by atoms with E-state index >= 15 is 0 Å². The first-order valence-corrected chi connectivity index (χ1v) is 5.95. The van der Waals surface area contributed by atoms with Crippen LogP contribution in [0.2, 0.25) is 5.15 Å². The van der Waals surface area contributed by atoms with E-state index in [1.165, 1.54) is 12.4 Å². The molecule has 0 bridgehead atoms. The Hall–Kier alpha value is -2.67. The molecule has 0 atom stereocenters. The summed E-state index contributed by atoms with van der Waals surface area (Å²) < 4.78 is 5.59. The SMILES string of the molecule is Nc1nc2c(Oc3cc(Cl)ncn3)cccc2[nH]c1=O.